The molecule has 2 aromatic carbocycles. The molecule has 0 aromatic heterocycles. The molecule has 0 atom stereocenters. The number of para-hydroxylation sites is 2. The molecule has 0 saturated heterocycles. The van der Waals surface area contributed by atoms with Gasteiger partial charge in [-0.15, -0.1) is 0 Å². The number of rotatable bonds is 10. The molecular weight excluding hydrogens is 348 g/mol. The van der Waals surface area contributed by atoms with Crippen molar-refractivity contribution in [3.05, 3.63) is 60.2 Å². The Hall–Kier alpha value is -3.06. The van der Waals surface area contributed by atoms with Crippen LogP contribution in [-0.4, -0.2) is 38.2 Å². The maximum absolute atomic E-state index is 12.3. The van der Waals surface area contributed by atoms with Gasteiger partial charge in [0.25, 0.3) is 5.91 Å². The second-order valence-electron chi connectivity index (χ2n) is 5.46. The van der Waals surface area contributed by atoms with Crippen molar-refractivity contribution in [1.29, 1.82) is 0 Å². The van der Waals surface area contributed by atoms with Crippen LogP contribution in [0.5, 0.6) is 11.5 Å². The lowest BCUT2D eigenvalue weighted by atomic mass is 10.2. The second-order valence-corrected chi connectivity index (χ2v) is 5.46. The van der Waals surface area contributed by atoms with E-state index < -0.39 is 5.91 Å². The molecule has 7 heteroatoms. The van der Waals surface area contributed by atoms with E-state index in [9.17, 15) is 9.59 Å². The second kappa shape index (κ2) is 11.5. The first-order valence-corrected chi connectivity index (χ1v) is 8.77. The van der Waals surface area contributed by atoms with Crippen LogP contribution < -0.4 is 20.3 Å². The molecule has 0 aliphatic heterocycles. The summed E-state index contributed by atoms with van der Waals surface area (Å²) in [6, 6.07) is 16.2. The van der Waals surface area contributed by atoms with Crippen molar-refractivity contribution in [2.75, 3.05) is 26.4 Å². The maximum Gasteiger partial charge on any atom is 0.273 e. The summed E-state index contributed by atoms with van der Waals surface area (Å²) in [4.78, 5) is 23.9. The summed E-state index contributed by atoms with van der Waals surface area (Å²) in [5.41, 5.74) is 5.06. The van der Waals surface area contributed by atoms with Crippen LogP contribution in [-0.2, 0) is 9.53 Å². The molecule has 2 N–H and O–H groups in total. The van der Waals surface area contributed by atoms with Gasteiger partial charge in [-0.2, -0.15) is 0 Å². The molecule has 0 unspecified atom stereocenters. The van der Waals surface area contributed by atoms with Gasteiger partial charge in [-0.05, 0) is 31.2 Å². The predicted molar refractivity (Wildman–Crippen MR) is 101 cm³/mol. The van der Waals surface area contributed by atoms with E-state index in [1.165, 1.54) is 0 Å². The smallest absolute Gasteiger partial charge is 0.273 e. The molecule has 0 spiro atoms. The summed E-state index contributed by atoms with van der Waals surface area (Å²) in [5, 5.41) is 0. The number of benzene rings is 2. The van der Waals surface area contributed by atoms with E-state index >= 15 is 0 Å². The van der Waals surface area contributed by atoms with Crippen molar-refractivity contribution in [2.24, 2.45) is 0 Å². The molecule has 2 amide bonds. The quantitative estimate of drug-likeness (QED) is 0.494. The average Bonchev–Trinajstić information content (AvgIpc) is 2.71. The van der Waals surface area contributed by atoms with Crippen LogP contribution >= 0.6 is 0 Å². The van der Waals surface area contributed by atoms with Gasteiger partial charge in [0.05, 0.1) is 18.6 Å². The number of hydrogen-bond acceptors (Lipinski definition) is 5. The molecule has 2 rings (SSSR count). The summed E-state index contributed by atoms with van der Waals surface area (Å²) in [7, 11) is 0. The minimum Gasteiger partial charge on any atom is -0.490 e. The van der Waals surface area contributed by atoms with Gasteiger partial charge in [0.1, 0.15) is 24.7 Å². The van der Waals surface area contributed by atoms with E-state index in [0.29, 0.717) is 31.1 Å². The van der Waals surface area contributed by atoms with Crippen LogP contribution in [0.2, 0.25) is 0 Å². The van der Waals surface area contributed by atoms with E-state index in [1.807, 2.05) is 37.3 Å². The molecule has 0 bridgehead atoms. The zero-order valence-corrected chi connectivity index (χ0v) is 15.3. The highest BCUT2D eigenvalue weighted by Crippen LogP contribution is 2.17. The lowest BCUT2D eigenvalue weighted by molar-refractivity contribution is -0.122. The molecule has 27 heavy (non-hydrogen) atoms. The Labute approximate surface area is 158 Å². The monoisotopic (exact) mass is 372 g/mol. The van der Waals surface area contributed by atoms with Gasteiger partial charge in [0.2, 0.25) is 5.91 Å². The number of ether oxygens (including phenoxy) is 3. The van der Waals surface area contributed by atoms with Crippen molar-refractivity contribution >= 4 is 11.8 Å². The van der Waals surface area contributed by atoms with Crippen LogP contribution in [0.4, 0.5) is 0 Å². The van der Waals surface area contributed by atoms with Gasteiger partial charge in [0.15, 0.2) is 0 Å². The van der Waals surface area contributed by atoms with Crippen LogP contribution in [0.15, 0.2) is 54.6 Å². The first kappa shape index (κ1) is 20.3. The fourth-order valence-electron chi connectivity index (χ4n) is 2.17. The highest BCUT2D eigenvalue weighted by molar-refractivity contribution is 5.97. The zero-order valence-electron chi connectivity index (χ0n) is 15.3. The van der Waals surface area contributed by atoms with Crippen LogP contribution in [0.1, 0.15) is 23.7 Å². The predicted octanol–water partition coefficient (Wildman–Crippen LogP) is 2.33. The average molecular weight is 372 g/mol. The standard InChI is InChI=1S/C20H24N2O5/c1-2-25-13-12-19(23)21-22-20(24)17-10-6-7-11-18(17)27-15-14-26-16-8-4-3-5-9-16/h3-11H,2,12-15H2,1H3,(H,21,23)(H,22,24). The lowest BCUT2D eigenvalue weighted by Crippen LogP contribution is -2.42. The summed E-state index contributed by atoms with van der Waals surface area (Å²) < 4.78 is 16.3. The van der Waals surface area contributed by atoms with Crippen molar-refractivity contribution in [3.63, 3.8) is 0 Å². The largest absolute Gasteiger partial charge is 0.490 e. The Balaban J connectivity index is 1.79. The molecule has 0 saturated carbocycles. The SMILES string of the molecule is CCOCCC(=O)NNC(=O)c1ccccc1OCCOc1ccccc1. The lowest BCUT2D eigenvalue weighted by Gasteiger charge is -2.13. The first-order chi connectivity index (χ1) is 13.2. The molecule has 0 aliphatic carbocycles. The fraction of sp³-hybridized carbons (Fsp3) is 0.300. The van der Waals surface area contributed by atoms with Crippen molar-refractivity contribution in [3.8, 4) is 11.5 Å². The van der Waals surface area contributed by atoms with E-state index in [4.69, 9.17) is 14.2 Å². The summed E-state index contributed by atoms with van der Waals surface area (Å²) in [6.07, 6.45) is 0.170. The highest BCUT2D eigenvalue weighted by Gasteiger charge is 2.13. The number of hydrogen-bond donors (Lipinski definition) is 2. The van der Waals surface area contributed by atoms with Gasteiger partial charge < -0.3 is 14.2 Å². The highest BCUT2D eigenvalue weighted by atomic mass is 16.5. The molecule has 7 nitrogen and oxygen atoms in total. The Morgan fingerprint density at radius 2 is 1.56 bits per heavy atom. The van der Waals surface area contributed by atoms with Gasteiger partial charge in [-0.25, -0.2) is 0 Å². The first-order valence-electron chi connectivity index (χ1n) is 8.77. The van der Waals surface area contributed by atoms with E-state index in [-0.39, 0.29) is 18.9 Å². The van der Waals surface area contributed by atoms with Crippen molar-refractivity contribution in [1.82, 2.24) is 10.9 Å². The molecule has 0 radical (unpaired) electrons. The Morgan fingerprint density at radius 1 is 0.852 bits per heavy atom. The summed E-state index contributed by atoms with van der Waals surface area (Å²) >= 11 is 0. The normalized spacial score (nSPS) is 10.1. The minimum absolute atomic E-state index is 0.170. The third kappa shape index (κ3) is 7.37. The molecule has 0 heterocycles. The van der Waals surface area contributed by atoms with Gasteiger partial charge in [-0.1, -0.05) is 30.3 Å². The van der Waals surface area contributed by atoms with Gasteiger partial charge in [-0.3, -0.25) is 20.4 Å². The number of carbonyl (C=O) groups is 2. The maximum atomic E-state index is 12.3. The molecule has 2 aromatic rings. The molecular formula is C20H24N2O5. The third-order valence-corrected chi connectivity index (χ3v) is 3.48. The number of carbonyl (C=O) groups excluding carboxylic acids is 2. The van der Waals surface area contributed by atoms with Crippen LogP contribution in [0.25, 0.3) is 0 Å². The van der Waals surface area contributed by atoms with E-state index in [1.54, 1.807) is 24.3 Å². The van der Waals surface area contributed by atoms with Crippen LogP contribution in [0.3, 0.4) is 0 Å². The Bertz CT molecular complexity index is 721. The Kier molecular flexibility index (Phi) is 8.65. The van der Waals surface area contributed by atoms with E-state index in [2.05, 4.69) is 10.9 Å². The molecule has 0 fully saturated rings. The summed E-state index contributed by atoms with van der Waals surface area (Å²) in [5.74, 6) is 0.378. The Morgan fingerprint density at radius 3 is 2.33 bits per heavy atom. The third-order valence-electron chi connectivity index (χ3n) is 3.48. The number of amides is 2. The zero-order chi connectivity index (χ0) is 19.3. The molecule has 144 valence electrons. The topological polar surface area (TPSA) is 85.9 Å². The van der Waals surface area contributed by atoms with Crippen molar-refractivity contribution < 1.29 is 23.8 Å². The minimum atomic E-state index is -0.459. The van der Waals surface area contributed by atoms with Crippen LogP contribution in [0, 0.1) is 0 Å². The number of hydrazine groups is 1. The van der Waals surface area contributed by atoms with Gasteiger partial charge >= 0.3 is 0 Å². The number of nitrogens with one attached hydrogen (secondary N) is 2. The van der Waals surface area contributed by atoms with Gasteiger partial charge in [0, 0.05) is 6.61 Å². The van der Waals surface area contributed by atoms with E-state index in [0.717, 1.165) is 5.75 Å². The van der Waals surface area contributed by atoms with Crippen molar-refractivity contribution in [2.45, 2.75) is 13.3 Å². The summed E-state index contributed by atoms with van der Waals surface area (Å²) in [6.45, 7) is 3.31. The fourth-order valence-corrected chi connectivity index (χ4v) is 2.17. The molecule has 0 aliphatic rings.